The summed E-state index contributed by atoms with van der Waals surface area (Å²) in [5, 5.41) is 4.06. The molecule has 0 unspecified atom stereocenters. The highest BCUT2D eigenvalue weighted by atomic mass is 35.5. The Balaban J connectivity index is 1.81. The molecular weight excluding hydrogens is 356 g/mol. The zero-order chi connectivity index (χ0) is 18.9. The van der Waals surface area contributed by atoms with Crippen molar-refractivity contribution in [2.45, 2.75) is 13.3 Å². The number of hydrogen-bond donors (Lipinski definition) is 1. The zero-order valence-corrected chi connectivity index (χ0v) is 16.4. The zero-order valence-electron chi connectivity index (χ0n) is 15.6. The number of guanidine groups is 1. The van der Waals surface area contributed by atoms with E-state index in [0.717, 1.165) is 43.3 Å². The molecule has 1 aromatic carbocycles. The van der Waals surface area contributed by atoms with E-state index in [2.05, 4.69) is 15.2 Å². The lowest BCUT2D eigenvalue weighted by molar-refractivity contribution is 0.0915. The van der Waals surface area contributed by atoms with E-state index in [0.29, 0.717) is 24.7 Å². The predicted octanol–water partition coefficient (Wildman–Crippen LogP) is 2.24. The minimum atomic E-state index is -0.246. The molecule has 0 aromatic heterocycles. The van der Waals surface area contributed by atoms with E-state index >= 15 is 0 Å². The predicted molar refractivity (Wildman–Crippen MR) is 103 cm³/mol. The number of carbonyl (C=O) groups is 1. The molecule has 0 saturated carbocycles. The van der Waals surface area contributed by atoms with Crippen molar-refractivity contribution >= 4 is 23.7 Å². The molecule has 1 amide bonds. The molecule has 144 valence electrons. The quantitative estimate of drug-likeness (QED) is 0.625. The van der Waals surface area contributed by atoms with Crippen LogP contribution in [-0.4, -0.2) is 75.3 Å². The van der Waals surface area contributed by atoms with Gasteiger partial charge >= 0.3 is 6.09 Å². The Labute approximate surface area is 159 Å². The lowest BCUT2D eigenvalue weighted by atomic mass is 10.1. The fourth-order valence-electron chi connectivity index (χ4n) is 2.81. The van der Waals surface area contributed by atoms with Crippen LogP contribution in [0.4, 0.5) is 4.79 Å². The van der Waals surface area contributed by atoms with Gasteiger partial charge in [0, 0.05) is 44.8 Å². The third-order valence-corrected chi connectivity index (χ3v) is 4.61. The van der Waals surface area contributed by atoms with Crippen molar-refractivity contribution in [1.29, 1.82) is 0 Å². The number of methoxy groups -OCH3 is 1. The lowest BCUT2D eigenvalue weighted by Gasteiger charge is -2.35. The fourth-order valence-corrected chi connectivity index (χ4v) is 3.08. The SMILES string of the molecule is CCOC(=O)N1CCN(C(=NC)NCCc2ccc(OC)cc2Cl)CC1. The molecule has 26 heavy (non-hydrogen) atoms. The van der Waals surface area contributed by atoms with E-state index < -0.39 is 0 Å². The monoisotopic (exact) mass is 382 g/mol. The molecule has 8 heteroatoms. The second kappa shape index (κ2) is 10.1. The van der Waals surface area contributed by atoms with E-state index in [1.807, 2.05) is 25.1 Å². The van der Waals surface area contributed by atoms with Gasteiger partial charge < -0.3 is 24.6 Å². The molecule has 1 aliphatic heterocycles. The van der Waals surface area contributed by atoms with E-state index in [1.165, 1.54) is 0 Å². The van der Waals surface area contributed by atoms with Gasteiger partial charge in [-0.15, -0.1) is 0 Å². The Kier molecular flexibility index (Phi) is 7.84. The van der Waals surface area contributed by atoms with Crippen LogP contribution in [0.5, 0.6) is 5.75 Å². The first kappa shape index (κ1) is 20.2. The van der Waals surface area contributed by atoms with Crippen LogP contribution in [0.1, 0.15) is 12.5 Å². The van der Waals surface area contributed by atoms with Crippen molar-refractivity contribution in [3.63, 3.8) is 0 Å². The summed E-state index contributed by atoms with van der Waals surface area (Å²) in [6.45, 7) is 5.64. The molecule has 1 aliphatic rings. The fraction of sp³-hybridized carbons (Fsp3) is 0.556. The molecule has 7 nitrogen and oxygen atoms in total. The van der Waals surface area contributed by atoms with Gasteiger partial charge in [-0.1, -0.05) is 17.7 Å². The normalized spacial score (nSPS) is 15.0. The van der Waals surface area contributed by atoms with Crippen molar-refractivity contribution < 1.29 is 14.3 Å². The average Bonchev–Trinajstić information content (AvgIpc) is 2.66. The molecule has 1 aromatic rings. The number of rotatable bonds is 5. The van der Waals surface area contributed by atoms with E-state index in [1.54, 1.807) is 19.1 Å². The summed E-state index contributed by atoms with van der Waals surface area (Å²) in [6, 6.07) is 5.70. The van der Waals surface area contributed by atoms with Gasteiger partial charge in [-0.25, -0.2) is 4.79 Å². The molecule has 0 aliphatic carbocycles. The average molecular weight is 383 g/mol. The minimum absolute atomic E-state index is 0.246. The van der Waals surface area contributed by atoms with Crippen LogP contribution >= 0.6 is 11.6 Å². The first-order chi connectivity index (χ1) is 12.6. The Hall–Kier alpha value is -2.15. The van der Waals surface area contributed by atoms with Crippen LogP contribution in [0.2, 0.25) is 5.02 Å². The Bertz CT molecular complexity index is 631. The highest BCUT2D eigenvalue weighted by Crippen LogP contribution is 2.22. The number of amides is 1. The van der Waals surface area contributed by atoms with E-state index in [4.69, 9.17) is 21.1 Å². The first-order valence-electron chi connectivity index (χ1n) is 8.78. The number of ether oxygens (including phenoxy) is 2. The largest absolute Gasteiger partial charge is 0.497 e. The highest BCUT2D eigenvalue weighted by molar-refractivity contribution is 6.31. The van der Waals surface area contributed by atoms with Gasteiger partial charge in [-0.3, -0.25) is 4.99 Å². The number of piperazine rings is 1. The van der Waals surface area contributed by atoms with Crippen LogP contribution in [-0.2, 0) is 11.2 Å². The van der Waals surface area contributed by atoms with Gasteiger partial charge in [-0.2, -0.15) is 0 Å². The molecule has 0 bridgehead atoms. The maximum Gasteiger partial charge on any atom is 0.409 e. The first-order valence-corrected chi connectivity index (χ1v) is 9.16. The minimum Gasteiger partial charge on any atom is -0.497 e. The van der Waals surface area contributed by atoms with Gasteiger partial charge in [0.15, 0.2) is 5.96 Å². The van der Waals surface area contributed by atoms with Gasteiger partial charge in [0.2, 0.25) is 0 Å². The molecule has 1 N–H and O–H groups in total. The molecule has 1 saturated heterocycles. The van der Waals surface area contributed by atoms with Crippen molar-refractivity contribution in [3.8, 4) is 5.75 Å². The van der Waals surface area contributed by atoms with Gasteiger partial charge in [-0.05, 0) is 31.0 Å². The Morgan fingerprint density at radius 3 is 2.54 bits per heavy atom. The molecule has 0 spiro atoms. The summed E-state index contributed by atoms with van der Waals surface area (Å²) in [5.74, 6) is 1.58. The van der Waals surface area contributed by atoms with Crippen molar-refractivity contribution in [3.05, 3.63) is 28.8 Å². The molecule has 0 atom stereocenters. The maximum atomic E-state index is 11.8. The summed E-state index contributed by atoms with van der Waals surface area (Å²) < 4.78 is 10.2. The van der Waals surface area contributed by atoms with E-state index in [-0.39, 0.29) is 6.09 Å². The van der Waals surface area contributed by atoms with Gasteiger partial charge in [0.1, 0.15) is 5.75 Å². The molecule has 0 radical (unpaired) electrons. The van der Waals surface area contributed by atoms with Gasteiger partial charge in [0.25, 0.3) is 0 Å². The molecule has 1 fully saturated rings. The number of hydrogen-bond acceptors (Lipinski definition) is 4. The summed E-state index contributed by atoms with van der Waals surface area (Å²) >= 11 is 6.28. The maximum absolute atomic E-state index is 11.8. The Morgan fingerprint density at radius 2 is 1.96 bits per heavy atom. The van der Waals surface area contributed by atoms with Crippen LogP contribution in [0.15, 0.2) is 23.2 Å². The summed E-state index contributed by atoms with van der Waals surface area (Å²) in [5.41, 5.74) is 1.06. The Morgan fingerprint density at radius 1 is 1.27 bits per heavy atom. The lowest BCUT2D eigenvalue weighted by Crippen LogP contribution is -2.54. The van der Waals surface area contributed by atoms with E-state index in [9.17, 15) is 4.79 Å². The number of aliphatic imine (C=N–C) groups is 1. The van der Waals surface area contributed by atoms with Crippen LogP contribution < -0.4 is 10.1 Å². The van der Waals surface area contributed by atoms with Crippen LogP contribution in [0.3, 0.4) is 0 Å². The third-order valence-electron chi connectivity index (χ3n) is 4.25. The number of halogens is 1. The number of carbonyl (C=O) groups excluding carboxylic acids is 1. The summed E-state index contributed by atoms with van der Waals surface area (Å²) in [6.07, 6.45) is 0.536. The number of nitrogens with zero attached hydrogens (tertiary/aromatic N) is 3. The van der Waals surface area contributed by atoms with Gasteiger partial charge in [0.05, 0.1) is 13.7 Å². The molecule has 2 rings (SSSR count). The van der Waals surface area contributed by atoms with Crippen LogP contribution in [0, 0.1) is 0 Å². The number of nitrogens with one attached hydrogen (secondary N) is 1. The third kappa shape index (κ3) is 5.42. The van der Waals surface area contributed by atoms with Crippen molar-refractivity contribution in [2.75, 3.05) is 53.5 Å². The molecular formula is C18H27ClN4O3. The standard InChI is InChI=1S/C18H27ClN4O3/c1-4-26-18(24)23-11-9-22(10-12-23)17(20-2)21-8-7-14-5-6-15(25-3)13-16(14)19/h5-6,13H,4,7-12H2,1-3H3,(H,20,21). The second-order valence-corrected chi connectivity index (χ2v) is 6.26. The summed E-state index contributed by atoms with van der Waals surface area (Å²) in [7, 11) is 3.39. The number of benzene rings is 1. The molecule has 1 heterocycles. The van der Waals surface area contributed by atoms with Crippen LogP contribution in [0.25, 0.3) is 0 Å². The summed E-state index contributed by atoms with van der Waals surface area (Å²) in [4.78, 5) is 20.0. The topological polar surface area (TPSA) is 66.4 Å². The highest BCUT2D eigenvalue weighted by Gasteiger charge is 2.23. The smallest absolute Gasteiger partial charge is 0.409 e. The second-order valence-electron chi connectivity index (χ2n) is 5.85. The van der Waals surface area contributed by atoms with Crippen molar-refractivity contribution in [1.82, 2.24) is 15.1 Å². The van der Waals surface area contributed by atoms with Crippen molar-refractivity contribution in [2.24, 2.45) is 4.99 Å².